The number of nitrogens with zero attached hydrogens (tertiary/aromatic N) is 2. The molecule has 21 heavy (non-hydrogen) atoms. The van der Waals surface area contributed by atoms with Crippen molar-refractivity contribution in [3.8, 4) is 0 Å². The molecule has 1 amide bonds. The van der Waals surface area contributed by atoms with Crippen LogP contribution in [0, 0.1) is 0 Å². The van der Waals surface area contributed by atoms with E-state index in [1.807, 2.05) is 31.2 Å². The molecule has 6 heteroatoms. The minimum atomic E-state index is -0.978. The first-order valence-corrected chi connectivity index (χ1v) is 6.69. The van der Waals surface area contributed by atoms with Gasteiger partial charge in [-0.25, -0.2) is 4.98 Å². The molecule has 1 aromatic carbocycles. The summed E-state index contributed by atoms with van der Waals surface area (Å²) in [7, 11) is 0. The number of aromatic nitrogens is 1. The Morgan fingerprint density at radius 1 is 1.33 bits per heavy atom. The second-order valence-electron chi connectivity index (χ2n) is 4.73. The van der Waals surface area contributed by atoms with E-state index in [0.717, 1.165) is 11.8 Å². The molecule has 2 aromatic rings. The summed E-state index contributed by atoms with van der Waals surface area (Å²) in [4.78, 5) is 28.7. The van der Waals surface area contributed by atoms with Gasteiger partial charge >= 0.3 is 5.97 Å². The van der Waals surface area contributed by atoms with Crippen LogP contribution in [-0.2, 0) is 4.79 Å². The van der Waals surface area contributed by atoms with Gasteiger partial charge in [0.05, 0.1) is 11.1 Å². The number of primary amides is 1. The zero-order valence-electron chi connectivity index (χ0n) is 11.7. The fourth-order valence-electron chi connectivity index (χ4n) is 2.22. The molecule has 0 aliphatic carbocycles. The molecule has 0 spiro atoms. The highest BCUT2D eigenvalue weighted by atomic mass is 16.4. The Morgan fingerprint density at radius 3 is 2.67 bits per heavy atom. The van der Waals surface area contributed by atoms with E-state index in [1.165, 1.54) is 0 Å². The van der Waals surface area contributed by atoms with E-state index >= 15 is 0 Å². The van der Waals surface area contributed by atoms with E-state index in [1.54, 1.807) is 11.0 Å². The van der Waals surface area contributed by atoms with Crippen molar-refractivity contribution in [2.24, 2.45) is 5.73 Å². The van der Waals surface area contributed by atoms with Crippen molar-refractivity contribution >= 4 is 28.6 Å². The van der Waals surface area contributed by atoms with E-state index in [4.69, 9.17) is 10.8 Å². The Hall–Kier alpha value is -2.63. The van der Waals surface area contributed by atoms with Crippen molar-refractivity contribution in [1.29, 1.82) is 0 Å². The molecule has 0 bridgehead atoms. The Morgan fingerprint density at radius 2 is 2.05 bits per heavy atom. The van der Waals surface area contributed by atoms with Crippen LogP contribution in [0.3, 0.4) is 0 Å². The molecular formula is C15H17N3O3. The molecule has 0 unspecified atom stereocenters. The molecule has 1 heterocycles. The predicted octanol–water partition coefficient (Wildman–Crippen LogP) is 1.63. The number of anilines is 1. The third-order valence-corrected chi connectivity index (χ3v) is 3.09. The molecule has 1 aromatic heterocycles. The van der Waals surface area contributed by atoms with Crippen LogP contribution in [0.1, 0.15) is 23.7 Å². The van der Waals surface area contributed by atoms with Crippen molar-refractivity contribution in [1.82, 2.24) is 4.98 Å². The molecule has 0 saturated carbocycles. The van der Waals surface area contributed by atoms with Crippen molar-refractivity contribution in [3.63, 3.8) is 0 Å². The number of hydrogen-bond donors (Lipinski definition) is 2. The highest BCUT2D eigenvalue weighted by Gasteiger charge is 2.19. The summed E-state index contributed by atoms with van der Waals surface area (Å²) in [6, 6.07) is 8.98. The predicted molar refractivity (Wildman–Crippen MR) is 80.4 cm³/mol. The summed E-state index contributed by atoms with van der Waals surface area (Å²) in [5.41, 5.74) is 6.35. The van der Waals surface area contributed by atoms with Gasteiger partial charge in [0.1, 0.15) is 12.4 Å². The third-order valence-electron chi connectivity index (χ3n) is 3.09. The van der Waals surface area contributed by atoms with Crippen LogP contribution >= 0.6 is 0 Å². The fraction of sp³-hybridized carbons (Fsp3) is 0.267. The number of hydrogen-bond acceptors (Lipinski definition) is 4. The summed E-state index contributed by atoms with van der Waals surface area (Å²) in [6.07, 6.45) is 0.736. The van der Waals surface area contributed by atoms with Crippen molar-refractivity contribution in [2.45, 2.75) is 13.3 Å². The topological polar surface area (TPSA) is 96.5 Å². The molecule has 0 saturated heterocycles. The van der Waals surface area contributed by atoms with Gasteiger partial charge in [-0.3, -0.25) is 9.59 Å². The van der Waals surface area contributed by atoms with Gasteiger partial charge in [-0.05, 0) is 18.6 Å². The maximum atomic E-state index is 11.7. The number of para-hydroxylation sites is 1. The van der Waals surface area contributed by atoms with Crippen molar-refractivity contribution in [2.75, 3.05) is 18.0 Å². The van der Waals surface area contributed by atoms with Crippen LogP contribution in [0.5, 0.6) is 0 Å². The summed E-state index contributed by atoms with van der Waals surface area (Å²) in [5, 5.41) is 9.82. The maximum Gasteiger partial charge on any atom is 0.323 e. The summed E-state index contributed by atoms with van der Waals surface area (Å²) < 4.78 is 0. The van der Waals surface area contributed by atoms with Gasteiger partial charge in [0.2, 0.25) is 0 Å². The zero-order chi connectivity index (χ0) is 15.4. The lowest BCUT2D eigenvalue weighted by atomic mass is 10.1. The Balaban J connectivity index is 2.59. The summed E-state index contributed by atoms with van der Waals surface area (Å²) in [5.74, 6) is -1.27. The van der Waals surface area contributed by atoms with Crippen LogP contribution in [0.15, 0.2) is 30.3 Å². The van der Waals surface area contributed by atoms with Gasteiger partial charge in [0, 0.05) is 11.9 Å². The number of carboxylic acids is 1. The average Bonchev–Trinajstić information content (AvgIpc) is 2.45. The average molecular weight is 287 g/mol. The van der Waals surface area contributed by atoms with Crippen molar-refractivity contribution in [3.05, 3.63) is 35.9 Å². The lowest BCUT2D eigenvalue weighted by molar-refractivity contribution is -0.135. The van der Waals surface area contributed by atoms with Crippen LogP contribution < -0.4 is 10.6 Å². The summed E-state index contributed by atoms with van der Waals surface area (Å²) >= 11 is 0. The van der Waals surface area contributed by atoms with Crippen molar-refractivity contribution < 1.29 is 14.7 Å². The van der Waals surface area contributed by atoms with E-state index in [2.05, 4.69) is 4.98 Å². The highest BCUT2D eigenvalue weighted by molar-refractivity contribution is 6.01. The van der Waals surface area contributed by atoms with Gasteiger partial charge in [-0.15, -0.1) is 0 Å². The molecule has 6 nitrogen and oxygen atoms in total. The Labute approximate surface area is 122 Å². The first-order chi connectivity index (χ1) is 10.0. The lowest BCUT2D eigenvalue weighted by Crippen LogP contribution is -2.33. The lowest BCUT2D eigenvalue weighted by Gasteiger charge is -2.23. The van der Waals surface area contributed by atoms with Gasteiger partial charge < -0.3 is 15.7 Å². The third kappa shape index (κ3) is 3.28. The minimum absolute atomic E-state index is 0.223. The first kappa shape index (κ1) is 14.8. The Kier molecular flexibility index (Phi) is 4.37. The SMILES string of the molecule is CCCN(CC(=O)O)c1nc2ccccc2cc1C(N)=O. The highest BCUT2D eigenvalue weighted by Crippen LogP contribution is 2.23. The number of carbonyl (C=O) groups excluding carboxylic acids is 1. The van der Waals surface area contributed by atoms with E-state index in [-0.39, 0.29) is 12.1 Å². The van der Waals surface area contributed by atoms with Gasteiger partial charge in [-0.1, -0.05) is 25.1 Å². The molecule has 2 rings (SSSR count). The fourth-order valence-corrected chi connectivity index (χ4v) is 2.22. The molecule has 110 valence electrons. The number of amides is 1. The van der Waals surface area contributed by atoms with Gasteiger partial charge in [-0.2, -0.15) is 0 Å². The molecule has 0 aliphatic rings. The van der Waals surface area contributed by atoms with Gasteiger partial charge in [0.25, 0.3) is 5.91 Å². The smallest absolute Gasteiger partial charge is 0.323 e. The van der Waals surface area contributed by atoms with E-state index in [9.17, 15) is 9.59 Å². The van der Waals surface area contributed by atoms with Crippen LogP contribution in [0.25, 0.3) is 10.9 Å². The number of aliphatic carboxylic acids is 1. The second-order valence-corrected chi connectivity index (χ2v) is 4.73. The van der Waals surface area contributed by atoms with E-state index < -0.39 is 11.9 Å². The van der Waals surface area contributed by atoms with Crippen LogP contribution in [-0.4, -0.2) is 35.1 Å². The second kappa shape index (κ2) is 6.21. The molecule has 0 fully saturated rings. The number of nitrogens with two attached hydrogens (primary N) is 1. The quantitative estimate of drug-likeness (QED) is 0.841. The zero-order valence-corrected chi connectivity index (χ0v) is 11.7. The minimum Gasteiger partial charge on any atom is -0.480 e. The van der Waals surface area contributed by atoms with Crippen LogP contribution in [0.4, 0.5) is 5.82 Å². The largest absolute Gasteiger partial charge is 0.480 e. The molecule has 0 atom stereocenters. The molecule has 0 radical (unpaired) electrons. The molecular weight excluding hydrogens is 270 g/mol. The normalized spacial score (nSPS) is 10.5. The first-order valence-electron chi connectivity index (χ1n) is 6.69. The Bertz CT molecular complexity index is 685. The number of fused-ring (bicyclic) bond motifs is 1. The van der Waals surface area contributed by atoms with E-state index in [0.29, 0.717) is 17.9 Å². The van der Waals surface area contributed by atoms with Crippen LogP contribution in [0.2, 0.25) is 0 Å². The molecule has 3 N–H and O–H groups in total. The maximum absolute atomic E-state index is 11.7. The number of pyridine rings is 1. The van der Waals surface area contributed by atoms with Gasteiger partial charge in [0.15, 0.2) is 0 Å². The number of carbonyl (C=O) groups is 2. The number of rotatable bonds is 6. The molecule has 0 aliphatic heterocycles. The monoisotopic (exact) mass is 287 g/mol. The number of carboxylic acid groups (broad SMARTS) is 1. The summed E-state index contributed by atoms with van der Waals surface area (Å²) in [6.45, 7) is 2.19. The standard InChI is InChI=1S/C15H17N3O3/c1-2-7-18(9-13(19)20)15-11(14(16)21)8-10-5-3-4-6-12(10)17-15/h3-6,8H,2,7,9H2,1H3,(H2,16,21)(H,19,20). The number of benzene rings is 1.